The molecule has 3 aromatic heterocycles. The van der Waals surface area contributed by atoms with E-state index < -0.39 is 11.5 Å². The van der Waals surface area contributed by atoms with Crippen LogP contribution >= 0.6 is 0 Å². The number of rotatable bonds is 5. The number of Topliss-reactive ketones (excluding diaryl/α,β-unsaturated/α-hetero) is 1. The van der Waals surface area contributed by atoms with Gasteiger partial charge in [0, 0.05) is 48.2 Å². The van der Waals surface area contributed by atoms with Crippen LogP contribution < -0.4 is 16.6 Å². The summed E-state index contributed by atoms with van der Waals surface area (Å²) in [6, 6.07) is 19.6. The van der Waals surface area contributed by atoms with E-state index in [1.807, 2.05) is 41.1 Å². The van der Waals surface area contributed by atoms with Crippen LogP contribution in [-0.4, -0.2) is 30.8 Å². The molecule has 0 bridgehead atoms. The Morgan fingerprint density at radius 3 is 2.43 bits per heavy atom. The Morgan fingerprint density at radius 1 is 0.946 bits per heavy atom. The third-order valence-corrected chi connectivity index (χ3v) is 6.64. The summed E-state index contributed by atoms with van der Waals surface area (Å²) in [5, 5.41) is 3.53. The first-order chi connectivity index (χ1) is 18.0. The molecule has 0 aliphatic heterocycles. The number of hydrogen-bond donors (Lipinski definition) is 2. The molecule has 6 rings (SSSR count). The summed E-state index contributed by atoms with van der Waals surface area (Å²) in [4.78, 5) is 46.1. The lowest BCUT2D eigenvalue weighted by atomic mass is 9.91. The molecule has 37 heavy (non-hydrogen) atoms. The van der Waals surface area contributed by atoms with Crippen molar-refractivity contribution in [2.75, 3.05) is 11.1 Å². The minimum absolute atomic E-state index is 0.0402. The molecule has 1 fully saturated rings. The van der Waals surface area contributed by atoms with Crippen molar-refractivity contribution in [3.8, 4) is 16.8 Å². The van der Waals surface area contributed by atoms with Gasteiger partial charge in [-0.3, -0.25) is 19.0 Å². The van der Waals surface area contributed by atoms with Crippen LogP contribution in [0, 0.1) is 0 Å². The summed E-state index contributed by atoms with van der Waals surface area (Å²) in [5.41, 5.74) is 9.46. The van der Waals surface area contributed by atoms with Crippen molar-refractivity contribution in [1.29, 1.82) is 0 Å². The van der Waals surface area contributed by atoms with Crippen LogP contribution in [0.3, 0.4) is 0 Å². The van der Waals surface area contributed by atoms with Crippen LogP contribution in [0.5, 0.6) is 0 Å². The Labute approximate surface area is 211 Å². The maximum Gasteiger partial charge on any atom is 0.267 e. The number of nitrogens with two attached hydrogens (primary N) is 1. The number of benzene rings is 2. The zero-order chi connectivity index (χ0) is 25.5. The Morgan fingerprint density at radius 2 is 1.70 bits per heavy atom. The third kappa shape index (κ3) is 3.96. The van der Waals surface area contributed by atoms with Gasteiger partial charge in [0.15, 0.2) is 0 Å². The Kier molecular flexibility index (Phi) is 5.37. The van der Waals surface area contributed by atoms with Crippen molar-refractivity contribution >= 4 is 34.2 Å². The number of aromatic nitrogens is 4. The number of para-hydroxylation sites is 1. The highest BCUT2D eigenvalue weighted by atomic mass is 16.2. The van der Waals surface area contributed by atoms with Crippen LogP contribution in [0.25, 0.3) is 27.8 Å². The molecule has 1 amide bonds. The van der Waals surface area contributed by atoms with E-state index in [1.165, 1.54) is 17.0 Å². The summed E-state index contributed by atoms with van der Waals surface area (Å²) in [5.74, 6) is 0.0944. The van der Waals surface area contributed by atoms with Gasteiger partial charge in [-0.05, 0) is 42.0 Å². The van der Waals surface area contributed by atoms with Gasteiger partial charge in [-0.15, -0.1) is 0 Å². The number of nitrogens with one attached hydrogen (secondary N) is 1. The van der Waals surface area contributed by atoms with E-state index in [4.69, 9.17) is 5.73 Å². The largest absolute Gasteiger partial charge is 0.383 e. The number of carbonyl (C=O) groups excluding carboxylic acids is 2. The molecule has 182 valence electrons. The Balaban J connectivity index is 1.28. The number of carbonyl (C=O) groups is 2. The van der Waals surface area contributed by atoms with E-state index >= 15 is 0 Å². The monoisotopic (exact) mass is 490 g/mol. The summed E-state index contributed by atoms with van der Waals surface area (Å²) < 4.78 is 3.43. The number of fused-ring (bicyclic) bond motifs is 1. The standard InChI is InChI=1S/C28H22N6O3/c29-25-24-23(15-34(20-13-21(35)14-20)26(24)31-16-30-25)17-8-10-18(11-9-17)32-27(36)22-7-4-12-33(28(22)37)19-5-2-1-3-6-19/h1-12,15-16,20H,13-14H2,(H,32,36)(H2,29,30,31). The molecule has 2 aromatic carbocycles. The molecule has 0 unspecified atom stereocenters. The van der Waals surface area contributed by atoms with Gasteiger partial charge >= 0.3 is 0 Å². The zero-order valence-corrected chi connectivity index (χ0v) is 19.7. The summed E-state index contributed by atoms with van der Waals surface area (Å²) >= 11 is 0. The maximum atomic E-state index is 13.0. The minimum atomic E-state index is -0.494. The lowest BCUT2D eigenvalue weighted by Gasteiger charge is -2.26. The first-order valence-corrected chi connectivity index (χ1v) is 11.8. The smallest absolute Gasteiger partial charge is 0.267 e. The lowest BCUT2D eigenvalue weighted by Crippen LogP contribution is -2.27. The fraction of sp³-hybridized carbons (Fsp3) is 0.107. The average Bonchev–Trinajstić information content (AvgIpc) is 3.28. The molecule has 9 heteroatoms. The molecule has 5 aromatic rings. The van der Waals surface area contributed by atoms with Crippen molar-refractivity contribution in [3.63, 3.8) is 0 Å². The zero-order valence-electron chi connectivity index (χ0n) is 19.7. The topological polar surface area (TPSA) is 125 Å². The Hall–Kier alpha value is -5.05. The van der Waals surface area contributed by atoms with Gasteiger partial charge in [-0.25, -0.2) is 9.97 Å². The molecular weight excluding hydrogens is 468 g/mol. The summed E-state index contributed by atoms with van der Waals surface area (Å²) in [7, 11) is 0. The first kappa shape index (κ1) is 22.4. The molecule has 3 heterocycles. The summed E-state index contributed by atoms with van der Waals surface area (Å²) in [6.07, 6.45) is 5.96. The van der Waals surface area contributed by atoms with Crippen LogP contribution in [0.1, 0.15) is 29.2 Å². The highest BCUT2D eigenvalue weighted by Crippen LogP contribution is 2.38. The van der Waals surface area contributed by atoms with Gasteiger partial charge in [-0.1, -0.05) is 30.3 Å². The van der Waals surface area contributed by atoms with E-state index in [1.54, 1.807) is 36.5 Å². The van der Waals surface area contributed by atoms with Crippen LogP contribution in [0.4, 0.5) is 11.5 Å². The molecule has 0 spiro atoms. The highest BCUT2D eigenvalue weighted by molar-refractivity contribution is 6.05. The van der Waals surface area contributed by atoms with E-state index in [0.29, 0.717) is 35.7 Å². The molecule has 0 radical (unpaired) electrons. The molecule has 1 aliphatic carbocycles. The quantitative estimate of drug-likeness (QED) is 0.384. The number of hydrogen-bond acceptors (Lipinski definition) is 6. The van der Waals surface area contributed by atoms with Gasteiger partial charge in [-0.2, -0.15) is 0 Å². The third-order valence-electron chi connectivity index (χ3n) is 6.64. The van der Waals surface area contributed by atoms with Gasteiger partial charge in [0.2, 0.25) is 0 Å². The van der Waals surface area contributed by atoms with Gasteiger partial charge in [0.05, 0.1) is 5.39 Å². The fourth-order valence-electron chi connectivity index (χ4n) is 4.66. The molecule has 1 aliphatic rings. The van der Waals surface area contributed by atoms with E-state index in [-0.39, 0.29) is 17.4 Å². The number of anilines is 2. The maximum absolute atomic E-state index is 13.0. The van der Waals surface area contributed by atoms with E-state index in [9.17, 15) is 14.4 Å². The highest BCUT2D eigenvalue weighted by Gasteiger charge is 2.30. The van der Waals surface area contributed by atoms with Crippen molar-refractivity contribution in [3.05, 3.63) is 101 Å². The fourth-order valence-corrected chi connectivity index (χ4v) is 4.66. The van der Waals surface area contributed by atoms with E-state index in [2.05, 4.69) is 15.3 Å². The molecular formula is C28H22N6O3. The second kappa shape index (κ2) is 8.87. The summed E-state index contributed by atoms with van der Waals surface area (Å²) in [6.45, 7) is 0. The number of nitrogens with zero attached hydrogens (tertiary/aromatic N) is 4. The molecule has 9 nitrogen and oxygen atoms in total. The molecule has 0 saturated heterocycles. The molecule has 1 saturated carbocycles. The van der Waals surface area contributed by atoms with Crippen molar-refractivity contribution < 1.29 is 9.59 Å². The Bertz CT molecular complexity index is 1710. The SMILES string of the molecule is Nc1ncnc2c1c(-c1ccc(NC(=O)c3cccn(-c4ccccc4)c3=O)cc1)cn2C1CC(=O)C1. The van der Waals surface area contributed by atoms with Crippen LogP contribution in [-0.2, 0) is 4.79 Å². The normalized spacial score (nSPS) is 13.5. The van der Waals surface area contributed by atoms with E-state index in [0.717, 1.165) is 16.5 Å². The predicted molar refractivity (Wildman–Crippen MR) is 141 cm³/mol. The second-order valence-electron chi connectivity index (χ2n) is 8.97. The minimum Gasteiger partial charge on any atom is -0.383 e. The van der Waals surface area contributed by atoms with Crippen LogP contribution in [0.2, 0.25) is 0 Å². The van der Waals surface area contributed by atoms with Crippen molar-refractivity contribution in [1.82, 2.24) is 19.1 Å². The second-order valence-corrected chi connectivity index (χ2v) is 8.97. The number of ketones is 1. The first-order valence-electron chi connectivity index (χ1n) is 11.8. The number of amides is 1. The number of pyridine rings is 1. The molecule has 3 N–H and O–H groups in total. The average molecular weight is 491 g/mol. The van der Waals surface area contributed by atoms with Gasteiger partial charge < -0.3 is 15.6 Å². The van der Waals surface area contributed by atoms with Crippen LogP contribution in [0.15, 0.2) is 90.2 Å². The predicted octanol–water partition coefficient (Wildman–Crippen LogP) is 3.99. The number of nitrogen functional groups attached to an aromatic ring is 1. The van der Waals surface area contributed by atoms with Gasteiger partial charge in [0.1, 0.15) is 29.1 Å². The lowest BCUT2D eigenvalue weighted by molar-refractivity contribution is -0.126. The van der Waals surface area contributed by atoms with Gasteiger partial charge in [0.25, 0.3) is 11.5 Å². The molecule has 0 atom stereocenters. The van der Waals surface area contributed by atoms with Crippen molar-refractivity contribution in [2.45, 2.75) is 18.9 Å². The van der Waals surface area contributed by atoms with Crippen molar-refractivity contribution in [2.24, 2.45) is 0 Å².